The Balaban J connectivity index is 1.90. The summed E-state index contributed by atoms with van der Waals surface area (Å²) in [5, 5.41) is 4.68. The molecule has 1 atom stereocenters. The molecule has 2 rings (SSSR count). The minimum atomic E-state index is 0.470. The van der Waals surface area contributed by atoms with Crippen LogP contribution in [0.15, 0.2) is 34.7 Å². The molecule has 0 saturated heterocycles. The molecule has 0 amide bonds. The minimum absolute atomic E-state index is 0.470. The third kappa shape index (κ3) is 3.36. The number of rotatable bonds is 6. The number of nitrogens with one attached hydrogen (secondary N) is 1. The first-order chi connectivity index (χ1) is 8.66. The Morgan fingerprint density at radius 3 is 2.67 bits per heavy atom. The Hall–Kier alpha value is -1.28. The third-order valence-corrected chi connectivity index (χ3v) is 3.24. The molecular weight excluding hydrogens is 222 g/mol. The summed E-state index contributed by atoms with van der Waals surface area (Å²) in [5.74, 6) is 2.28. The molecule has 0 aliphatic rings. The normalized spacial score (nSPS) is 13.3. The van der Waals surface area contributed by atoms with E-state index in [1.54, 1.807) is 0 Å². The van der Waals surface area contributed by atoms with E-state index in [1.165, 1.54) is 5.39 Å². The average molecular weight is 245 g/mol. The second-order valence-corrected chi connectivity index (χ2v) is 5.47. The van der Waals surface area contributed by atoms with Gasteiger partial charge >= 0.3 is 0 Å². The molecule has 18 heavy (non-hydrogen) atoms. The fourth-order valence-corrected chi connectivity index (χ4v) is 2.10. The van der Waals surface area contributed by atoms with Gasteiger partial charge in [-0.2, -0.15) is 0 Å². The summed E-state index contributed by atoms with van der Waals surface area (Å²) in [6.45, 7) is 8.84. The van der Waals surface area contributed by atoms with Gasteiger partial charge in [-0.25, -0.2) is 0 Å². The summed E-state index contributed by atoms with van der Waals surface area (Å²) >= 11 is 0. The summed E-state index contributed by atoms with van der Waals surface area (Å²) in [6.07, 6.45) is 1.12. The Morgan fingerprint density at radius 2 is 1.94 bits per heavy atom. The molecule has 0 aliphatic heterocycles. The van der Waals surface area contributed by atoms with Crippen molar-refractivity contribution >= 4 is 11.0 Å². The van der Waals surface area contributed by atoms with E-state index in [4.69, 9.17) is 4.42 Å². The molecule has 2 aromatic rings. The lowest BCUT2D eigenvalue weighted by Gasteiger charge is -2.10. The van der Waals surface area contributed by atoms with E-state index in [2.05, 4.69) is 44.3 Å². The van der Waals surface area contributed by atoms with Crippen molar-refractivity contribution in [1.82, 2.24) is 5.32 Å². The van der Waals surface area contributed by atoms with Crippen molar-refractivity contribution in [3.63, 3.8) is 0 Å². The van der Waals surface area contributed by atoms with Gasteiger partial charge in [-0.15, -0.1) is 0 Å². The predicted octanol–water partition coefficient (Wildman–Crippen LogP) is 4.17. The molecule has 1 N–H and O–H groups in total. The van der Waals surface area contributed by atoms with Crippen LogP contribution in [0.3, 0.4) is 0 Å². The van der Waals surface area contributed by atoms with Crippen molar-refractivity contribution in [2.45, 2.75) is 33.1 Å². The van der Waals surface area contributed by atoms with Gasteiger partial charge in [0.2, 0.25) is 0 Å². The summed E-state index contributed by atoms with van der Waals surface area (Å²) in [6, 6.07) is 10.4. The highest BCUT2D eigenvalue weighted by molar-refractivity contribution is 5.77. The van der Waals surface area contributed by atoms with Crippen LogP contribution >= 0.6 is 0 Å². The van der Waals surface area contributed by atoms with E-state index < -0.39 is 0 Å². The van der Waals surface area contributed by atoms with Crippen molar-refractivity contribution in [2.75, 3.05) is 13.1 Å². The number of hydrogen-bond donors (Lipinski definition) is 1. The Labute approximate surface area is 109 Å². The fraction of sp³-hybridized carbons (Fsp3) is 0.500. The highest BCUT2D eigenvalue weighted by atomic mass is 16.3. The number of benzene rings is 1. The zero-order valence-corrected chi connectivity index (χ0v) is 11.6. The Morgan fingerprint density at radius 1 is 1.17 bits per heavy atom. The highest BCUT2D eigenvalue weighted by Crippen LogP contribution is 2.26. The van der Waals surface area contributed by atoms with Crippen LogP contribution < -0.4 is 5.32 Å². The first-order valence-corrected chi connectivity index (χ1v) is 6.86. The zero-order valence-electron chi connectivity index (χ0n) is 11.6. The maximum absolute atomic E-state index is 5.88. The summed E-state index contributed by atoms with van der Waals surface area (Å²) < 4.78 is 5.88. The van der Waals surface area contributed by atoms with E-state index in [1.807, 2.05) is 12.1 Å². The SMILES string of the molecule is CC(C)CNCCC(C)c1cc2ccccc2o1. The largest absolute Gasteiger partial charge is 0.461 e. The topological polar surface area (TPSA) is 25.2 Å². The van der Waals surface area contributed by atoms with Crippen LogP contribution in [0.2, 0.25) is 0 Å². The summed E-state index contributed by atoms with van der Waals surface area (Å²) in [4.78, 5) is 0. The minimum Gasteiger partial charge on any atom is -0.461 e. The van der Waals surface area contributed by atoms with Crippen molar-refractivity contribution in [1.29, 1.82) is 0 Å². The quantitative estimate of drug-likeness (QED) is 0.773. The molecule has 0 aliphatic carbocycles. The smallest absolute Gasteiger partial charge is 0.134 e. The lowest BCUT2D eigenvalue weighted by Crippen LogP contribution is -2.21. The van der Waals surface area contributed by atoms with Crippen molar-refractivity contribution in [3.05, 3.63) is 36.1 Å². The lowest BCUT2D eigenvalue weighted by atomic mass is 10.0. The lowest BCUT2D eigenvalue weighted by molar-refractivity contribution is 0.467. The van der Waals surface area contributed by atoms with E-state index in [0.29, 0.717) is 11.8 Å². The molecule has 1 unspecified atom stereocenters. The maximum atomic E-state index is 5.88. The van der Waals surface area contributed by atoms with Crippen LogP contribution in [-0.2, 0) is 0 Å². The van der Waals surface area contributed by atoms with Crippen LogP contribution in [0.1, 0.15) is 38.9 Å². The zero-order chi connectivity index (χ0) is 13.0. The predicted molar refractivity (Wildman–Crippen MR) is 77.0 cm³/mol. The van der Waals surface area contributed by atoms with Gasteiger partial charge < -0.3 is 9.73 Å². The van der Waals surface area contributed by atoms with Gasteiger partial charge in [0.25, 0.3) is 0 Å². The Kier molecular flexibility index (Phi) is 4.43. The molecule has 1 heterocycles. The van der Waals surface area contributed by atoms with Gasteiger partial charge in [0.1, 0.15) is 11.3 Å². The molecule has 0 bridgehead atoms. The van der Waals surface area contributed by atoms with Crippen molar-refractivity contribution < 1.29 is 4.42 Å². The van der Waals surface area contributed by atoms with E-state index in [0.717, 1.165) is 30.9 Å². The number of hydrogen-bond acceptors (Lipinski definition) is 2. The summed E-state index contributed by atoms with van der Waals surface area (Å²) in [5.41, 5.74) is 0.995. The van der Waals surface area contributed by atoms with Crippen LogP contribution in [0.5, 0.6) is 0 Å². The standard InChI is InChI=1S/C16H23NO/c1-12(2)11-17-9-8-13(3)16-10-14-6-4-5-7-15(14)18-16/h4-7,10,12-13,17H,8-9,11H2,1-3H3. The van der Waals surface area contributed by atoms with Crippen LogP contribution in [0, 0.1) is 5.92 Å². The first kappa shape index (κ1) is 13.2. The summed E-state index contributed by atoms with van der Waals surface area (Å²) in [7, 11) is 0. The van der Waals surface area contributed by atoms with Crippen LogP contribution in [-0.4, -0.2) is 13.1 Å². The fourth-order valence-electron chi connectivity index (χ4n) is 2.10. The maximum Gasteiger partial charge on any atom is 0.134 e. The van der Waals surface area contributed by atoms with E-state index in [9.17, 15) is 0 Å². The molecular formula is C16H23NO. The highest BCUT2D eigenvalue weighted by Gasteiger charge is 2.10. The van der Waals surface area contributed by atoms with E-state index in [-0.39, 0.29) is 0 Å². The number of para-hydroxylation sites is 1. The number of fused-ring (bicyclic) bond motifs is 1. The molecule has 98 valence electrons. The van der Waals surface area contributed by atoms with Crippen molar-refractivity contribution in [3.8, 4) is 0 Å². The average Bonchev–Trinajstić information content (AvgIpc) is 2.78. The van der Waals surface area contributed by atoms with E-state index >= 15 is 0 Å². The molecule has 0 fully saturated rings. The molecule has 2 nitrogen and oxygen atoms in total. The molecule has 1 aromatic heterocycles. The van der Waals surface area contributed by atoms with Gasteiger partial charge in [0.05, 0.1) is 0 Å². The molecule has 1 aromatic carbocycles. The van der Waals surface area contributed by atoms with Crippen molar-refractivity contribution in [2.24, 2.45) is 5.92 Å². The number of furan rings is 1. The van der Waals surface area contributed by atoms with Gasteiger partial charge in [-0.05, 0) is 37.6 Å². The molecule has 0 spiro atoms. The van der Waals surface area contributed by atoms with Gasteiger partial charge in [0, 0.05) is 11.3 Å². The van der Waals surface area contributed by atoms with Gasteiger partial charge in [-0.3, -0.25) is 0 Å². The van der Waals surface area contributed by atoms with Gasteiger partial charge in [-0.1, -0.05) is 39.0 Å². The first-order valence-electron chi connectivity index (χ1n) is 6.86. The molecule has 0 radical (unpaired) electrons. The van der Waals surface area contributed by atoms with Crippen LogP contribution in [0.25, 0.3) is 11.0 Å². The molecule has 2 heteroatoms. The van der Waals surface area contributed by atoms with Crippen LogP contribution in [0.4, 0.5) is 0 Å². The second-order valence-electron chi connectivity index (χ2n) is 5.47. The Bertz CT molecular complexity index is 454. The third-order valence-electron chi connectivity index (χ3n) is 3.24. The second kappa shape index (κ2) is 6.05. The van der Waals surface area contributed by atoms with Gasteiger partial charge in [0.15, 0.2) is 0 Å². The molecule has 0 saturated carbocycles. The monoisotopic (exact) mass is 245 g/mol.